The van der Waals surface area contributed by atoms with Gasteiger partial charge in [-0.15, -0.1) is 0 Å². The molecule has 1 aliphatic heterocycles. The highest BCUT2D eigenvalue weighted by Crippen LogP contribution is 2.24. The van der Waals surface area contributed by atoms with Crippen LogP contribution in [0.25, 0.3) is 0 Å². The number of nitrogens with one attached hydrogen (secondary N) is 1. The van der Waals surface area contributed by atoms with Gasteiger partial charge in [0.1, 0.15) is 5.25 Å². The molecule has 128 valence electrons. The Bertz CT molecular complexity index is 680. The number of amides is 1. The Balaban J connectivity index is 2.09. The van der Waals surface area contributed by atoms with Gasteiger partial charge >= 0.3 is 0 Å². The van der Waals surface area contributed by atoms with E-state index >= 15 is 0 Å². The number of hydrogen-bond donors (Lipinski definition) is 1. The van der Waals surface area contributed by atoms with Gasteiger partial charge in [-0.2, -0.15) is 0 Å². The van der Waals surface area contributed by atoms with E-state index in [1.807, 2.05) is 25.1 Å². The highest BCUT2D eigenvalue weighted by atomic mass is 32.2. The van der Waals surface area contributed by atoms with Crippen LogP contribution in [-0.4, -0.2) is 64.0 Å². The Morgan fingerprint density at radius 2 is 1.83 bits per heavy atom. The second kappa shape index (κ2) is 6.88. The van der Waals surface area contributed by atoms with Crippen molar-refractivity contribution in [1.82, 2.24) is 4.90 Å². The first kappa shape index (κ1) is 17.7. The molecule has 0 bridgehead atoms. The van der Waals surface area contributed by atoms with E-state index < -0.39 is 21.0 Å². The van der Waals surface area contributed by atoms with Crippen molar-refractivity contribution in [2.24, 2.45) is 0 Å². The molecule has 0 saturated carbocycles. The molecule has 0 aliphatic carbocycles. The zero-order chi connectivity index (χ0) is 17.2. The summed E-state index contributed by atoms with van der Waals surface area (Å²) in [4.78, 5) is 16.6. The van der Waals surface area contributed by atoms with Gasteiger partial charge in [-0.25, -0.2) is 8.42 Å². The maximum atomic E-state index is 12.0. The summed E-state index contributed by atoms with van der Waals surface area (Å²) in [6, 6.07) is 5.70. The number of nitrogens with zero attached hydrogens (tertiary/aromatic N) is 2. The second-order valence-electron chi connectivity index (χ2n) is 6.25. The van der Waals surface area contributed by atoms with E-state index in [0.717, 1.165) is 43.7 Å². The Kier molecular flexibility index (Phi) is 5.31. The molecule has 1 saturated heterocycles. The Morgan fingerprint density at radius 3 is 2.35 bits per heavy atom. The van der Waals surface area contributed by atoms with Crippen molar-refractivity contribution in [2.45, 2.75) is 19.1 Å². The molecule has 2 rings (SSSR count). The summed E-state index contributed by atoms with van der Waals surface area (Å²) >= 11 is 0. The van der Waals surface area contributed by atoms with Crippen molar-refractivity contribution in [3.63, 3.8) is 0 Å². The number of hydrogen-bond acceptors (Lipinski definition) is 5. The van der Waals surface area contributed by atoms with Crippen molar-refractivity contribution in [3.8, 4) is 0 Å². The zero-order valence-electron chi connectivity index (χ0n) is 14.2. The summed E-state index contributed by atoms with van der Waals surface area (Å²) in [6.07, 6.45) is 1.07. The molecule has 0 radical (unpaired) electrons. The van der Waals surface area contributed by atoms with Gasteiger partial charge in [0.15, 0.2) is 9.84 Å². The normalized spacial score (nSPS) is 17.8. The minimum atomic E-state index is -3.39. The zero-order valence-corrected chi connectivity index (χ0v) is 15.0. The van der Waals surface area contributed by atoms with Crippen molar-refractivity contribution in [2.75, 3.05) is 49.7 Å². The third-order valence-corrected chi connectivity index (χ3v) is 5.82. The van der Waals surface area contributed by atoms with E-state index in [4.69, 9.17) is 0 Å². The van der Waals surface area contributed by atoms with Gasteiger partial charge in [-0.3, -0.25) is 4.79 Å². The molecule has 7 heteroatoms. The highest BCUT2D eigenvalue weighted by molar-refractivity contribution is 7.92. The molecule has 6 nitrogen and oxygen atoms in total. The summed E-state index contributed by atoms with van der Waals surface area (Å²) in [5.74, 6) is -0.501. The van der Waals surface area contributed by atoms with Gasteiger partial charge in [0.2, 0.25) is 5.91 Å². The lowest BCUT2D eigenvalue weighted by atomic mass is 10.1. The van der Waals surface area contributed by atoms with Crippen LogP contribution < -0.4 is 10.2 Å². The van der Waals surface area contributed by atoms with Crippen LogP contribution in [0.15, 0.2) is 18.2 Å². The number of anilines is 2. The van der Waals surface area contributed by atoms with Gasteiger partial charge in [-0.05, 0) is 44.7 Å². The average Bonchev–Trinajstić information content (AvgIpc) is 2.47. The summed E-state index contributed by atoms with van der Waals surface area (Å²) < 4.78 is 22.9. The van der Waals surface area contributed by atoms with Gasteiger partial charge in [0.25, 0.3) is 0 Å². The smallest absolute Gasteiger partial charge is 0.242 e. The predicted molar refractivity (Wildman–Crippen MR) is 93.8 cm³/mol. The fraction of sp³-hybridized carbons (Fsp3) is 0.562. The summed E-state index contributed by atoms with van der Waals surface area (Å²) in [5.41, 5.74) is 2.85. The van der Waals surface area contributed by atoms with Crippen LogP contribution in [0.1, 0.15) is 12.5 Å². The number of piperazine rings is 1. The molecule has 1 unspecified atom stereocenters. The van der Waals surface area contributed by atoms with Crippen LogP contribution in [0.3, 0.4) is 0 Å². The molecule has 1 heterocycles. The van der Waals surface area contributed by atoms with E-state index in [0.29, 0.717) is 5.69 Å². The number of aryl methyl sites for hydroxylation is 1. The topological polar surface area (TPSA) is 69.7 Å². The lowest BCUT2D eigenvalue weighted by Crippen LogP contribution is -2.44. The van der Waals surface area contributed by atoms with Crippen LogP contribution in [0.2, 0.25) is 0 Å². The Morgan fingerprint density at radius 1 is 1.22 bits per heavy atom. The lowest BCUT2D eigenvalue weighted by Gasteiger charge is -2.35. The van der Waals surface area contributed by atoms with Gasteiger partial charge < -0.3 is 15.1 Å². The van der Waals surface area contributed by atoms with E-state index in [2.05, 4.69) is 22.2 Å². The molecular weight excluding hydrogens is 314 g/mol. The molecule has 1 aromatic rings. The third-order valence-electron chi connectivity index (χ3n) is 4.32. The minimum absolute atomic E-state index is 0.501. The number of benzene rings is 1. The molecule has 1 amide bonds. The number of carbonyl (C=O) groups is 1. The molecule has 0 spiro atoms. The van der Waals surface area contributed by atoms with Crippen LogP contribution >= 0.6 is 0 Å². The molecule has 1 atom stereocenters. The van der Waals surface area contributed by atoms with E-state index in [-0.39, 0.29) is 0 Å². The van der Waals surface area contributed by atoms with Crippen LogP contribution in [0.4, 0.5) is 11.4 Å². The number of carbonyl (C=O) groups excluding carboxylic acids is 1. The largest absolute Gasteiger partial charge is 0.369 e. The van der Waals surface area contributed by atoms with Crippen molar-refractivity contribution < 1.29 is 13.2 Å². The molecule has 1 aromatic carbocycles. The highest BCUT2D eigenvalue weighted by Gasteiger charge is 2.23. The first-order valence-electron chi connectivity index (χ1n) is 7.72. The van der Waals surface area contributed by atoms with E-state index in [1.165, 1.54) is 6.92 Å². The summed E-state index contributed by atoms with van der Waals surface area (Å²) in [6.45, 7) is 7.43. The maximum Gasteiger partial charge on any atom is 0.242 e. The van der Waals surface area contributed by atoms with E-state index in [1.54, 1.807) is 0 Å². The lowest BCUT2D eigenvalue weighted by molar-refractivity contribution is -0.115. The van der Waals surface area contributed by atoms with Crippen molar-refractivity contribution in [1.29, 1.82) is 0 Å². The monoisotopic (exact) mass is 339 g/mol. The Hall–Kier alpha value is -1.60. The van der Waals surface area contributed by atoms with Gasteiger partial charge in [0, 0.05) is 43.8 Å². The summed E-state index contributed by atoms with van der Waals surface area (Å²) in [7, 11) is -1.27. The fourth-order valence-electron chi connectivity index (χ4n) is 2.57. The standard InChI is InChI=1S/C16H25N3O3S/c1-12-11-14(17-16(20)13(2)23(4,21)22)5-6-15(12)19-9-7-18(3)8-10-19/h5-6,11,13H,7-10H2,1-4H3,(H,17,20). The number of likely N-dealkylation sites (N-methyl/N-ethyl adjacent to an activating group) is 1. The maximum absolute atomic E-state index is 12.0. The second-order valence-corrected chi connectivity index (χ2v) is 8.62. The van der Waals surface area contributed by atoms with Crippen molar-refractivity contribution in [3.05, 3.63) is 23.8 Å². The molecular formula is C16H25N3O3S. The molecule has 23 heavy (non-hydrogen) atoms. The van der Waals surface area contributed by atoms with Crippen LogP contribution in [0.5, 0.6) is 0 Å². The quantitative estimate of drug-likeness (QED) is 0.890. The molecule has 1 aliphatic rings. The van der Waals surface area contributed by atoms with Gasteiger partial charge in [0.05, 0.1) is 0 Å². The number of sulfone groups is 1. The first-order chi connectivity index (χ1) is 10.7. The molecule has 0 aromatic heterocycles. The number of rotatable bonds is 4. The van der Waals surface area contributed by atoms with Gasteiger partial charge in [-0.1, -0.05) is 0 Å². The fourth-order valence-corrected chi connectivity index (χ4v) is 3.02. The minimum Gasteiger partial charge on any atom is -0.369 e. The van der Waals surface area contributed by atoms with Crippen LogP contribution in [-0.2, 0) is 14.6 Å². The first-order valence-corrected chi connectivity index (χ1v) is 9.68. The van der Waals surface area contributed by atoms with E-state index in [9.17, 15) is 13.2 Å². The summed E-state index contributed by atoms with van der Waals surface area (Å²) in [5, 5.41) is 1.63. The Labute approximate surface area is 138 Å². The predicted octanol–water partition coefficient (Wildman–Crippen LogP) is 1.12. The van der Waals surface area contributed by atoms with Crippen molar-refractivity contribution >= 4 is 27.1 Å². The third kappa shape index (κ3) is 4.45. The SMILES string of the molecule is Cc1cc(NC(=O)C(C)S(C)(=O)=O)ccc1N1CCN(C)CC1. The average molecular weight is 339 g/mol. The van der Waals surface area contributed by atoms with Crippen LogP contribution in [0, 0.1) is 6.92 Å². The molecule has 1 fully saturated rings. The molecule has 1 N–H and O–H groups in total.